The molecule has 158 valence electrons. The van der Waals surface area contributed by atoms with Crippen molar-refractivity contribution in [3.63, 3.8) is 0 Å². The number of rotatable bonds is 6. The van der Waals surface area contributed by atoms with Gasteiger partial charge in [-0.25, -0.2) is 0 Å². The lowest BCUT2D eigenvalue weighted by molar-refractivity contribution is -0.384. The molecule has 0 radical (unpaired) electrons. The van der Waals surface area contributed by atoms with Crippen LogP contribution in [-0.4, -0.2) is 59.3 Å². The van der Waals surface area contributed by atoms with E-state index in [0.29, 0.717) is 37.4 Å². The van der Waals surface area contributed by atoms with Gasteiger partial charge in [0, 0.05) is 50.5 Å². The minimum absolute atomic E-state index is 0.0675. The Hall–Kier alpha value is -3.94. The highest BCUT2D eigenvalue weighted by molar-refractivity contribution is 6.35. The standard InChI is InChI=1S/C23H22N4O4/c1-2-12-26-22(28)20(17-8-10-19(11-9-17)27(30)31)21(23(26)29)25-15-13-24(14-16-25)18-6-4-3-5-7-18/h2-11H,1,12-16H2. The van der Waals surface area contributed by atoms with Crippen LogP contribution in [0.4, 0.5) is 11.4 Å². The van der Waals surface area contributed by atoms with Gasteiger partial charge in [-0.3, -0.25) is 24.6 Å². The minimum atomic E-state index is -0.493. The van der Waals surface area contributed by atoms with Crippen molar-refractivity contribution in [3.8, 4) is 0 Å². The zero-order chi connectivity index (χ0) is 22.0. The average molecular weight is 418 g/mol. The van der Waals surface area contributed by atoms with Crippen LogP contribution in [-0.2, 0) is 9.59 Å². The Morgan fingerprint density at radius 3 is 2.10 bits per heavy atom. The SMILES string of the molecule is C=CCN1C(=O)C(c2ccc([N+](=O)[O-])cc2)=C(N2CCN(c3ccccc3)CC2)C1=O. The van der Waals surface area contributed by atoms with Gasteiger partial charge in [0.25, 0.3) is 17.5 Å². The van der Waals surface area contributed by atoms with Crippen molar-refractivity contribution >= 4 is 28.8 Å². The average Bonchev–Trinajstić information content (AvgIpc) is 3.05. The molecule has 8 heteroatoms. The molecule has 0 N–H and O–H groups in total. The van der Waals surface area contributed by atoms with Gasteiger partial charge in [-0.15, -0.1) is 6.58 Å². The molecule has 0 atom stereocenters. The van der Waals surface area contributed by atoms with Crippen LogP contribution in [0, 0.1) is 10.1 Å². The summed E-state index contributed by atoms with van der Waals surface area (Å²) >= 11 is 0. The molecule has 0 aromatic heterocycles. The van der Waals surface area contributed by atoms with Crippen LogP contribution in [0.5, 0.6) is 0 Å². The van der Waals surface area contributed by atoms with Crippen LogP contribution in [0.15, 0.2) is 72.9 Å². The smallest absolute Gasteiger partial charge is 0.278 e. The van der Waals surface area contributed by atoms with E-state index in [2.05, 4.69) is 11.5 Å². The Labute approximate surface area is 179 Å². The van der Waals surface area contributed by atoms with E-state index in [9.17, 15) is 19.7 Å². The van der Waals surface area contributed by atoms with E-state index in [1.807, 2.05) is 35.2 Å². The molecule has 0 saturated carbocycles. The molecule has 2 heterocycles. The number of piperazine rings is 1. The molecular formula is C23H22N4O4. The van der Waals surface area contributed by atoms with Crippen molar-refractivity contribution in [3.05, 3.63) is 88.6 Å². The van der Waals surface area contributed by atoms with Crippen LogP contribution in [0.2, 0.25) is 0 Å². The Morgan fingerprint density at radius 2 is 1.52 bits per heavy atom. The van der Waals surface area contributed by atoms with Gasteiger partial charge >= 0.3 is 0 Å². The largest absolute Gasteiger partial charge is 0.368 e. The zero-order valence-electron chi connectivity index (χ0n) is 16.9. The maximum atomic E-state index is 13.2. The van der Waals surface area contributed by atoms with Gasteiger partial charge in [0.05, 0.1) is 10.5 Å². The number of para-hydroxylation sites is 1. The summed E-state index contributed by atoms with van der Waals surface area (Å²) in [5.41, 5.74) is 2.19. The van der Waals surface area contributed by atoms with E-state index in [0.717, 1.165) is 5.69 Å². The molecule has 1 fully saturated rings. The number of imide groups is 1. The molecule has 2 amide bonds. The monoisotopic (exact) mass is 418 g/mol. The number of anilines is 1. The first-order chi connectivity index (χ1) is 15.0. The van der Waals surface area contributed by atoms with Gasteiger partial charge < -0.3 is 9.80 Å². The van der Waals surface area contributed by atoms with Crippen LogP contribution in [0.25, 0.3) is 5.57 Å². The molecule has 2 aromatic rings. The number of hydrogen-bond donors (Lipinski definition) is 0. The second-order valence-electron chi connectivity index (χ2n) is 7.35. The zero-order valence-corrected chi connectivity index (χ0v) is 16.9. The molecular weight excluding hydrogens is 396 g/mol. The third kappa shape index (κ3) is 3.79. The fourth-order valence-corrected chi connectivity index (χ4v) is 3.99. The van der Waals surface area contributed by atoms with Crippen LogP contribution >= 0.6 is 0 Å². The third-order valence-corrected chi connectivity index (χ3v) is 5.54. The summed E-state index contributed by atoms with van der Waals surface area (Å²) in [6.45, 7) is 6.35. The van der Waals surface area contributed by atoms with E-state index in [1.165, 1.54) is 35.2 Å². The lowest BCUT2D eigenvalue weighted by Gasteiger charge is -2.37. The molecule has 2 aromatic carbocycles. The molecule has 8 nitrogen and oxygen atoms in total. The Bertz CT molecular complexity index is 1050. The number of hydrogen-bond acceptors (Lipinski definition) is 6. The Morgan fingerprint density at radius 1 is 0.903 bits per heavy atom. The Kier molecular flexibility index (Phi) is 5.53. The van der Waals surface area contributed by atoms with Gasteiger partial charge in [-0.05, 0) is 29.8 Å². The molecule has 2 aliphatic heterocycles. The lowest BCUT2D eigenvalue weighted by Crippen LogP contribution is -2.47. The fraction of sp³-hybridized carbons (Fsp3) is 0.217. The first-order valence-electron chi connectivity index (χ1n) is 10.0. The number of nitro groups is 1. The summed E-state index contributed by atoms with van der Waals surface area (Å²) in [6, 6.07) is 15.8. The first kappa shape index (κ1) is 20.3. The first-order valence-corrected chi connectivity index (χ1v) is 10.0. The normalized spacial score (nSPS) is 16.8. The van der Waals surface area contributed by atoms with Crippen LogP contribution in [0.1, 0.15) is 5.56 Å². The fourth-order valence-electron chi connectivity index (χ4n) is 3.99. The van der Waals surface area contributed by atoms with E-state index in [-0.39, 0.29) is 23.7 Å². The summed E-state index contributed by atoms with van der Waals surface area (Å²) in [6.07, 6.45) is 1.51. The molecule has 2 aliphatic rings. The number of carbonyl (C=O) groups excluding carboxylic acids is 2. The van der Waals surface area contributed by atoms with Gasteiger partial charge in [-0.1, -0.05) is 24.3 Å². The van der Waals surface area contributed by atoms with Crippen LogP contribution < -0.4 is 4.90 Å². The van der Waals surface area contributed by atoms with E-state index in [1.54, 1.807) is 0 Å². The van der Waals surface area contributed by atoms with Gasteiger partial charge in [0.15, 0.2) is 0 Å². The van der Waals surface area contributed by atoms with Crippen molar-refractivity contribution in [2.75, 3.05) is 37.6 Å². The molecule has 0 unspecified atom stereocenters. The summed E-state index contributed by atoms with van der Waals surface area (Å²) < 4.78 is 0. The topological polar surface area (TPSA) is 87.0 Å². The number of carbonyl (C=O) groups is 2. The maximum absolute atomic E-state index is 13.2. The molecule has 0 aliphatic carbocycles. The number of nitro benzene ring substituents is 1. The van der Waals surface area contributed by atoms with Crippen LogP contribution in [0.3, 0.4) is 0 Å². The van der Waals surface area contributed by atoms with Crippen molar-refractivity contribution in [1.82, 2.24) is 9.80 Å². The Balaban J connectivity index is 1.65. The van der Waals surface area contributed by atoms with E-state index < -0.39 is 10.8 Å². The summed E-state index contributed by atoms with van der Waals surface area (Å²) in [5.74, 6) is -0.759. The number of benzene rings is 2. The highest BCUT2D eigenvalue weighted by atomic mass is 16.6. The molecule has 0 spiro atoms. The number of non-ortho nitro benzene ring substituents is 1. The maximum Gasteiger partial charge on any atom is 0.278 e. The van der Waals surface area contributed by atoms with Gasteiger partial charge in [0.2, 0.25) is 0 Å². The van der Waals surface area contributed by atoms with E-state index >= 15 is 0 Å². The third-order valence-electron chi connectivity index (χ3n) is 5.54. The minimum Gasteiger partial charge on any atom is -0.368 e. The predicted octanol–water partition coefficient (Wildman–Crippen LogP) is 2.68. The lowest BCUT2D eigenvalue weighted by atomic mass is 10.0. The number of amides is 2. The summed E-state index contributed by atoms with van der Waals surface area (Å²) in [7, 11) is 0. The van der Waals surface area contributed by atoms with Crippen molar-refractivity contribution in [1.29, 1.82) is 0 Å². The highest BCUT2D eigenvalue weighted by Crippen LogP contribution is 2.33. The quantitative estimate of drug-likeness (QED) is 0.310. The van der Waals surface area contributed by atoms with Crippen molar-refractivity contribution < 1.29 is 14.5 Å². The highest BCUT2D eigenvalue weighted by Gasteiger charge is 2.41. The molecule has 0 bridgehead atoms. The van der Waals surface area contributed by atoms with Gasteiger partial charge in [0.1, 0.15) is 5.70 Å². The van der Waals surface area contributed by atoms with Gasteiger partial charge in [-0.2, -0.15) is 0 Å². The van der Waals surface area contributed by atoms with E-state index in [4.69, 9.17) is 0 Å². The predicted molar refractivity (Wildman–Crippen MR) is 117 cm³/mol. The molecule has 4 rings (SSSR count). The summed E-state index contributed by atoms with van der Waals surface area (Å²) in [4.78, 5) is 42.1. The second kappa shape index (κ2) is 8.43. The van der Waals surface area contributed by atoms with Crippen molar-refractivity contribution in [2.24, 2.45) is 0 Å². The second-order valence-corrected chi connectivity index (χ2v) is 7.35. The van der Waals surface area contributed by atoms with Crippen molar-refractivity contribution in [2.45, 2.75) is 0 Å². The number of nitrogens with zero attached hydrogens (tertiary/aromatic N) is 4. The summed E-state index contributed by atoms with van der Waals surface area (Å²) in [5, 5.41) is 11.0. The molecule has 31 heavy (non-hydrogen) atoms. The molecule has 1 saturated heterocycles.